The first-order valence-corrected chi connectivity index (χ1v) is 3.58. The molecule has 0 aromatic rings. The fraction of sp³-hybridized carbons (Fsp3) is 1.00. The SMILES string of the molecule is FC(F)(F)CCN1CCNC1. The van der Waals surface area contributed by atoms with Gasteiger partial charge in [0, 0.05) is 26.3 Å². The van der Waals surface area contributed by atoms with Gasteiger partial charge in [0.05, 0.1) is 6.42 Å². The standard InChI is InChI=1S/C6H11F3N2/c7-6(8,9)1-3-11-4-2-10-5-11/h10H,1-5H2. The summed E-state index contributed by atoms with van der Waals surface area (Å²) in [7, 11) is 0. The first-order chi connectivity index (χ1) is 5.08. The first kappa shape index (κ1) is 8.80. The minimum atomic E-state index is -4.01. The molecule has 0 unspecified atom stereocenters. The van der Waals surface area contributed by atoms with Gasteiger partial charge in [-0.25, -0.2) is 0 Å². The van der Waals surface area contributed by atoms with Gasteiger partial charge in [0.2, 0.25) is 0 Å². The van der Waals surface area contributed by atoms with Crippen LogP contribution in [0.25, 0.3) is 0 Å². The number of rotatable bonds is 2. The van der Waals surface area contributed by atoms with E-state index in [1.165, 1.54) is 0 Å². The molecular weight excluding hydrogens is 157 g/mol. The number of nitrogens with zero attached hydrogens (tertiary/aromatic N) is 1. The molecule has 0 aromatic carbocycles. The molecule has 1 aliphatic heterocycles. The van der Waals surface area contributed by atoms with Gasteiger partial charge in [-0.2, -0.15) is 13.2 Å². The molecule has 0 aliphatic carbocycles. The lowest BCUT2D eigenvalue weighted by atomic mass is 10.4. The average Bonchev–Trinajstić information content (AvgIpc) is 2.32. The average molecular weight is 168 g/mol. The molecule has 5 heteroatoms. The molecule has 0 amide bonds. The summed E-state index contributed by atoms with van der Waals surface area (Å²) in [5.74, 6) is 0. The van der Waals surface area contributed by atoms with Crippen molar-refractivity contribution in [3.8, 4) is 0 Å². The second-order valence-electron chi connectivity index (χ2n) is 2.64. The predicted octanol–water partition coefficient (Wildman–Crippen LogP) is 0.801. The van der Waals surface area contributed by atoms with E-state index in [1.807, 2.05) is 0 Å². The smallest absolute Gasteiger partial charge is 0.303 e. The number of hydrogen-bond donors (Lipinski definition) is 1. The predicted molar refractivity (Wildman–Crippen MR) is 35.1 cm³/mol. The van der Waals surface area contributed by atoms with E-state index in [0.717, 1.165) is 13.1 Å². The van der Waals surface area contributed by atoms with Gasteiger partial charge in [-0.15, -0.1) is 0 Å². The van der Waals surface area contributed by atoms with Crippen LogP contribution in [0.1, 0.15) is 6.42 Å². The summed E-state index contributed by atoms with van der Waals surface area (Å²) in [4.78, 5) is 1.76. The van der Waals surface area contributed by atoms with Crippen molar-refractivity contribution in [3.63, 3.8) is 0 Å². The highest BCUT2D eigenvalue weighted by molar-refractivity contribution is 4.67. The third-order valence-corrected chi connectivity index (χ3v) is 1.65. The third-order valence-electron chi connectivity index (χ3n) is 1.65. The van der Waals surface area contributed by atoms with Crippen LogP contribution in [0.2, 0.25) is 0 Å². The Morgan fingerprint density at radius 2 is 2.09 bits per heavy atom. The van der Waals surface area contributed by atoms with Crippen LogP contribution in [0.5, 0.6) is 0 Å². The van der Waals surface area contributed by atoms with Crippen molar-refractivity contribution in [2.75, 3.05) is 26.3 Å². The van der Waals surface area contributed by atoms with Gasteiger partial charge in [-0.1, -0.05) is 0 Å². The van der Waals surface area contributed by atoms with Crippen LogP contribution in [0.15, 0.2) is 0 Å². The quantitative estimate of drug-likeness (QED) is 0.656. The number of nitrogens with one attached hydrogen (secondary N) is 1. The normalized spacial score (nSPS) is 21.0. The zero-order chi connectivity index (χ0) is 8.32. The van der Waals surface area contributed by atoms with Crippen LogP contribution in [0.4, 0.5) is 13.2 Å². The minimum Gasteiger partial charge on any atom is -0.303 e. The van der Waals surface area contributed by atoms with Crippen LogP contribution >= 0.6 is 0 Å². The van der Waals surface area contributed by atoms with Crippen molar-refractivity contribution in [1.82, 2.24) is 10.2 Å². The third kappa shape index (κ3) is 3.57. The lowest BCUT2D eigenvalue weighted by Crippen LogP contribution is -2.26. The molecule has 66 valence electrons. The number of hydrogen-bond acceptors (Lipinski definition) is 2. The maximum absolute atomic E-state index is 11.7. The van der Waals surface area contributed by atoms with Crippen molar-refractivity contribution in [1.29, 1.82) is 0 Å². The largest absolute Gasteiger partial charge is 0.390 e. The molecule has 1 N–H and O–H groups in total. The Bertz CT molecular complexity index is 117. The molecular formula is C6H11F3N2. The summed E-state index contributed by atoms with van der Waals surface area (Å²) in [6.45, 7) is 2.25. The molecule has 1 heterocycles. The Morgan fingerprint density at radius 1 is 1.36 bits per heavy atom. The summed E-state index contributed by atoms with van der Waals surface area (Å²) in [5.41, 5.74) is 0. The van der Waals surface area contributed by atoms with E-state index < -0.39 is 12.6 Å². The second kappa shape index (κ2) is 3.40. The van der Waals surface area contributed by atoms with Crippen LogP contribution in [-0.4, -0.2) is 37.4 Å². The fourth-order valence-electron chi connectivity index (χ4n) is 1.03. The van der Waals surface area contributed by atoms with Crippen molar-refractivity contribution >= 4 is 0 Å². The zero-order valence-electron chi connectivity index (χ0n) is 6.12. The lowest BCUT2D eigenvalue weighted by Gasteiger charge is -2.14. The Labute approximate surface area is 63.4 Å². The van der Waals surface area contributed by atoms with Gasteiger partial charge in [0.15, 0.2) is 0 Å². The van der Waals surface area contributed by atoms with Gasteiger partial charge in [-0.3, -0.25) is 4.90 Å². The maximum atomic E-state index is 11.7. The summed E-state index contributed by atoms with van der Waals surface area (Å²) in [5, 5.41) is 2.97. The molecule has 0 radical (unpaired) electrons. The maximum Gasteiger partial charge on any atom is 0.390 e. The Hall–Kier alpha value is -0.290. The molecule has 0 saturated carbocycles. The Morgan fingerprint density at radius 3 is 2.55 bits per heavy atom. The molecule has 2 nitrogen and oxygen atoms in total. The van der Waals surface area contributed by atoms with Crippen molar-refractivity contribution in [2.24, 2.45) is 0 Å². The molecule has 1 aliphatic rings. The lowest BCUT2D eigenvalue weighted by molar-refractivity contribution is -0.137. The molecule has 0 spiro atoms. The topological polar surface area (TPSA) is 15.3 Å². The van der Waals surface area contributed by atoms with E-state index in [9.17, 15) is 13.2 Å². The van der Waals surface area contributed by atoms with Crippen LogP contribution in [-0.2, 0) is 0 Å². The molecule has 11 heavy (non-hydrogen) atoms. The highest BCUT2D eigenvalue weighted by Gasteiger charge is 2.28. The summed E-state index contributed by atoms with van der Waals surface area (Å²) >= 11 is 0. The van der Waals surface area contributed by atoms with Gasteiger partial charge < -0.3 is 5.32 Å². The molecule has 0 atom stereocenters. The Balaban J connectivity index is 2.11. The van der Waals surface area contributed by atoms with E-state index in [2.05, 4.69) is 5.32 Å². The van der Waals surface area contributed by atoms with Gasteiger partial charge in [0.1, 0.15) is 0 Å². The van der Waals surface area contributed by atoms with Crippen molar-refractivity contribution in [3.05, 3.63) is 0 Å². The molecule has 1 fully saturated rings. The van der Waals surface area contributed by atoms with E-state index in [-0.39, 0.29) is 6.54 Å². The van der Waals surface area contributed by atoms with E-state index in [4.69, 9.17) is 0 Å². The Kier molecular flexibility index (Phi) is 2.72. The highest BCUT2D eigenvalue weighted by Crippen LogP contribution is 2.19. The highest BCUT2D eigenvalue weighted by atomic mass is 19.4. The zero-order valence-corrected chi connectivity index (χ0v) is 6.12. The van der Waals surface area contributed by atoms with E-state index in [1.54, 1.807) is 4.90 Å². The van der Waals surface area contributed by atoms with E-state index >= 15 is 0 Å². The van der Waals surface area contributed by atoms with Crippen LogP contribution in [0, 0.1) is 0 Å². The van der Waals surface area contributed by atoms with Crippen molar-refractivity contribution < 1.29 is 13.2 Å². The monoisotopic (exact) mass is 168 g/mol. The number of alkyl halides is 3. The van der Waals surface area contributed by atoms with Crippen LogP contribution in [0.3, 0.4) is 0 Å². The number of halogens is 3. The van der Waals surface area contributed by atoms with Gasteiger partial charge in [0.25, 0.3) is 0 Å². The molecule has 0 bridgehead atoms. The van der Waals surface area contributed by atoms with Crippen LogP contribution < -0.4 is 5.32 Å². The summed E-state index contributed by atoms with van der Waals surface area (Å²) in [6, 6.07) is 0. The van der Waals surface area contributed by atoms with Crippen molar-refractivity contribution in [2.45, 2.75) is 12.6 Å². The molecule has 1 rings (SSSR count). The summed E-state index contributed by atoms with van der Waals surface area (Å²) in [6.07, 6.45) is -4.71. The summed E-state index contributed by atoms with van der Waals surface area (Å²) < 4.78 is 35.0. The minimum absolute atomic E-state index is 0.122. The fourth-order valence-corrected chi connectivity index (χ4v) is 1.03. The van der Waals surface area contributed by atoms with Gasteiger partial charge >= 0.3 is 6.18 Å². The van der Waals surface area contributed by atoms with Gasteiger partial charge in [-0.05, 0) is 0 Å². The van der Waals surface area contributed by atoms with E-state index in [0.29, 0.717) is 6.67 Å². The molecule has 0 aromatic heterocycles. The molecule has 1 saturated heterocycles. The first-order valence-electron chi connectivity index (χ1n) is 3.58. The second-order valence-corrected chi connectivity index (χ2v) is 2.64.